The van der Waals surface area contributed by atoms with Crippen LogP contribution in [0.15, 0.2) is 24.3 Å². The second kappa shape index (κ2) is 8.53. The predicted octanol–water partition coefficient (Wildman–Crippen LogP) is 1.30. The molecule has 2 amide bonds. The van der Waals surface area contributed by atoms with Crippen LogP contribution >= 0.6 is 0 Å². The van der Waals surface area contributed by atoms with Crippen molar-refractivity contribution in [2.45, 2.75) is 44.8 Å². The molecule has 0 unspecified atom stereocenters. The predicted molar refractivity (Wildman–Crippen MR) is 86.0 cm³/mol. The van der Waals surface area contributed by atoms with E-state index < -0.39 is 12.0 Å². The Morgan fingerprint density at radius 3 is 2.83 bits per heavy atom. The number of benzene rings is 1. The summed E-state index contributed by atoms with van der Waals surface area (Å²) in [4.78, 5) is 22.8. The highest BCUT2D eigenvalue weighted by Gasteiger charge is 2.29. The van der Waals surface area contributed by atoms with Crippen molar-refractivity contribution >= 4 is 11.8 Å². The molecular formula is C17H24N2O4. The summed E-state index contributed by atoms with van der Waals surface area (Å²) in [6.45, 7) is 2.91. The van der Waals surface area contributed by atoms with Crippen molar-refractivity contribution in [3.05, 3.63) is 29.8 Å². The van der Waals surface area contributed by atoms with Crippen LogP contribution in [0.1, 0.15) is 31.2 Å². The monoisotopic (exact) mass is 320 g/mol. The molecule has 6 nitrogen and oxygen atoms in total. The maximum absolute atomic E-state index is 11.8. The van der Waals surface area contributed by atoms with Gasteiger partial charge in [-0.15, -0.1) is 0 Å². The minimum absolute atomic E-state index is 0.0375. The van der Waals surface area contributed by atoms with E-state index in [0.717, 1.165) is 17.7 Å². The van der Waals surface area contributed by atoms with E-state index >= 15 is 0 Å². The van der Waals surface area contributed by atoms with Gasteiger partial charge in [-0.3, -0.25) is 9.59 Å². The summed E-state index contributed by atoms with van der Waals surface area (Å²) in [6.07, 6.45) is 1.77. The Balaban J connectivity index is 1.57. The molecule has 0 saturated carbocycles. The van der Waals surface area contributed by atoms with Gasteiger partial charge in [0.15, 0.2) is 0 Å². The van der Waals surface area contributed by atoms with Gasteiger partial charge in [0.05, 0.1) is 12.7 Å². The summed E-state index contributed by atoms with van der Waals surface area (Å²) in [5.74, 6) is 0.376. The van der Waals surface area contributed by atoms with Crippen molar-refractivity contribution < 1.29 is 19.1 Å². The lowest BCUT2D eigenvalue weighted by Crippen LogP contribution is -2.34. The van der Waals surface area contributed by atoms with Crippen molar-refractivity contribution in [3.8, 4) is 5.75 Å². The SMILES string of the molecule is Cc1ccccc1OCCCC(=O)NC[C@H]1CC[C@H](C(N)=O)O1. The van der Waals surface area contributed by atoms with Gasteiger partial charge in [0.2, 0.25) is 11.8 Å². The van der Waals surface area contributed by atoms with E-state index in [4.69, 9.17) is 15.2 Å². The fraction of sp³-hybridized carbons (Fsp3) is 0.529. The maximum atomic E-state index is 11.8. The number of amides is 2. The molecule has 0 spiro atoms. The zero-order valence-corrected chi connectivity index (χ0v) is 13.4. The normalized spacial score (nSPS) is 20.2. The van der Waals surface area contributed by atoms with Crippen molar-refractivity contribution in [1.29, 1.82) is 0 Å². The Bertz CT molecular complexity index is 547. The molecule has 3 N–H and O–H groups in total. The zero-order chi connectivity index (χ0) is 16.7. The van der Waals surface area contributed by atoms with Crippen LogP contribution in [0.25, 0.3) is 0 Å². The van der Waals surface area contributed by atoms with Crippen LogP contribution in [-0.4, -0.2) is 37.2 Å². The molecule has 0 aromatic heterocycles. The summed E-state index contributed by atoms with van der Waals surface area (Å²) in [7, 11) is 0. The maximum Gasteiger partial charge on any atom is 0.246 e. The van der Waals surface area contributed by atoms with Gasteiger partial charge < -0.3 is 20.5 Å². The van der Waals surface area contributed by atoms with E-state index in [9.17, 15) is 9.59 Å². The van der Waals surface area contributed by atoms with E-state index in [1.807, 2.05) is 31.2 Å². The van der Waals surface area contributed by atoms with E-state index in [2.05, 4.69) is 5.32 Å². The topological polar surface area (TPSA) is 90.6 Å². The molecule has 23 heavy (non-hydrogen) atoms. The van der Waals surface area contributed by atoms with Crippen LogP contribution in [0.5, 0.6) is 5.75 Å². The Morgan fingerprint density at radius 1 is 1.35 bits per heavy atom. The minimum atomic E-state index is -0.514. The summed E-state index contributed by atoms with van der Waals surface area (Å²) in [6, 6.07) is 7.80. The zero-order valence-electron chi connectivity index (χ0n) is 13.4. The van der Waals surface area contributed by atoms with Crippen molar-refractivity contribution in [3.63, 3.8) is 0 Å². The number of nitrogens with one attached hydrogen (secondary N) is 1. The molecule has 1 aliphatic heterocycles. The minimum Gasteiger partial charge on any atom is -0.493 e. The van der Waals surface area contributed by atoms with Gasteiger partial charge in [-0.25, -0.2) is 0 Å². The van der Waals surface area contributed by atoms with Crippen LogP contribution in [0.3, 0.4) is 0 Å². The Kier molecular flexibility index (Phi) is 6.40. The number of ether oxygens (including phenoxy) is 2. The van der Waals surface area contributed by atoms with Crippen LogP contribution < -0.4 is 15.8 Å². The smallest absolute Gasteiger partial charge is 0.246 e. The third kappa shape index (κ3) is 5.56. The lowest BCUT2D eigenvalue weighted by Gasteiger charge is -2.13. The molecule has 0 radical (unpaired) electrons. The van der Waals surface area contributed by atoms with Gasteiger partial charge in [-0.1, -0.05) is 18.2 Å². The molecule has 1 aromatic carbocycles. The van der Waals surface area contributed by atoms with E-state index in [1.165, 1.54) is 0 Å². The van der Waals surface area contributed by atoms with Crippen LogP contribution in [0, 0.1) is 6.92 Å². The van der Waals surface area contributed by atoms with E-state index in [-0.39, 0.29) is 12.0 Å². The van der Waals surface area contributed by atoms with Gasteiger partial charge in [-0.2, -0.15) is 0 Å². The number of primary amides is 1. The highest BCUT2D eigenvalue weighted by molar-refractivity contribution is 5.79. The van der Waals surface area contributed by atoms with Gasteiger partial charge in [0.1, 0.15) is 11.9 Å². The number of para-hydroxylation sites is 1. The highest BCUT2D eigenvalue weighted by Crippen LogP contribution is 2.19. The molecule has 2 atom stereocenters. The van der Waals surface area contributed by atoms with Crippen LogP contribution in [0.4, 0.5) is 0 Å². The number of rotatable bonds is 8. The molecule has 0 bridgehead atoms. The number of carbonyl (C=O) groups excluding carboxylic acids is 2. The first-order valence-corrected chi connectivity index (χ1v) is 7.96. The molecule has 1 aliphatic rings. The van der Waals surface area contributed by atoms with Gasteiger partial charge in [0, 0.05) is 13.0 Å². The standard InChI is InChI=1S/C17H24N2O4/c1-12-5-2-3-6-14(12)22-10-4-7-16(20)19-11-13-8-9-15(23-13)17(18)21/h2-3,5-6,13,15H,4,7-11H2,1H3,(H2,18,21)(H,19,20)/t13-,15-/m1/s1. The Labute approximate surface area is 136 Å². The number of nitrogens with two attached hydrogens (primary N) is 1. The second-order valence-electron chi connectivity index (χ2n) is 5.75. The van der Waals surface area contributed by atoms with Crippen LogP contribution in [0.2, 0.25) is 0 Å². The van der Waals surface area contributed by atoms with E-state index in [1.54, 1.807) is 0 Å². The molecule has 1 aromatic rings. The summed E-state index contributed by atoms with van der Waals surface area (Å²) in [5.41, 5.74) is 6.27. The van der Waals surface area contributed by atoms with Gasteiger partial charge in [0.25, 0.3) is 0 Å². The number of hydrogen-bond acceptors (Lipinski definition) is 4. The average molecular weight is 320 g/mol. The average Bonchev–Trinajstić information content (AvgIpc) is 3.00. The molecule has 1 heterocycles. The Hall–Kier alpha value is -2.08. The highest BCUT2D eigenvalue weighted by atomic mass is 16.5. The molecule has 6 heteroatoms. The van der Waals surface area contributed by atoms with Crippen LogP contribution in [-0.2, 0) is 14.3 Å². The molecule has 1 fully saturated rings. The first kappa shape index (κ1) is 17.3. The number of aryl methyl sites for hydroxylation is 1. The molecule has 126 valence electrons. The largest absolute Gasteiger partial charge is 0.493 e. The fourth-order valence-corrected chi connectivity index (χ4v) is 2.51. The second-order valence-corrected chi connectivity index (χ2v) is 5.75. The number of hydrogen-bond donors (Lipinski definition) is 2. The quantitative estimate of drug-likeness (QED) is 0.707. The van der Waals surface area contributed by atoms with Gasteiger partial charge in [-0.05, 0) is 37.8 Å². The molecular weight excluding hydrogens is 296 g/mol. The molecule has 0 aliphatic carbocycles. The van der Waals surface area contributed by atoms with E-state index in [0.29, 0.717) is 32.4 Å². The first-order chi connectivity index (χ1) is 11.1. The summed E-state index contributed by atoms with van der Waals surface area (Å²) >= 11 is 0. The third-order valence-corrected chi connectivity index (χ3v) is 3.85. The fourth-order valence-electron chi connectivity index (χ4n) is 2.51. The van der Waals surface area contributed by atoms with Crippen molar-refractivity contribution in [2.75, 3.05) is 13.2 Å². The number of carbonyl (C=O) groups is 2. The molecule has 1 saturated heterocycles. The van der Waals surface area contributed by atoms with Crippen molar-refractivity contribution in [1.82, 2.24) is 5.32 Å². The summed E-state index contributed by atoms with van der Waals surface area (Å²) < 4.78 is 11.1. The van der Waals surface area contributed by atoms with Gasteiger partial charge >= 0.3 is 0 Å². The summed E-state index contributed by atoms with van der Waals surface area (Å²) in [5, 5.41) is 2.82. The third-order valence-electron chi connectivity index (χ3n) is 3.85. The van der Waals surface area contributed by atoms with Crippen molar-refractivity contribution in [2.24, 2.45) is 5.73 Å². The lowest BCUT2D eigenvalue weighted by molar-refractivity contribution is -0.128. The Morgan fingerprint density at radius 2 is 2.13 bits per heavy atom. The molecule has 2 rings (SSSR count). The lowest BCUT2D eigenvalue weighted by atomic mass is 10.2. The first-order valence-electron chi connectivity index (χ1n) is 7.96.